The monoisotopic (exact) mass is 240 g/mol. The molecule has 0 spiro atoms. The molecule has 0 saturated carbocycles. The molecule has 4 nitrogen and oxygen atoms in total. The van der Waals surface area contributed by atoms with Crippen LogP contribution in [-0.2, 0) is 9.53 Å². The van der Waals surface area contributed by atoms with E-state index in [1.165, 1.54) is 12.8 Å². The fourth-order valence-electron chi connectivity index (χ4n) is 2.78. The van der Waals surface area contributed by atoms with Crippen molar-refractivity contribution in [2.45, 2.75) is 44.6 Å². The average molecular weight is 240 g/mol. The molecule has 2 aliphatic rings. The van der Waals surface area contributed by atoms with Gasteiger partial charge < -0.3 is 15.4 Å². The lowest BCUT2D eigenvalue weighted by atomic mass is 9.92. The molecule has 2 saturated heterocycles. The van der Waals surface area contributed by atoms with E-state index >= 15 is 0 Å². The quantitative estimate of drug-likeness (QED) is 0.775. The van der Waals surface area contributed by atoms with E-state index in [1.807, 2.05) is 0 Å². The minimum Gasteiger partial charge on any atom is -0.379 e. The highest BCUT2D eigenvalue weighted by Crippen LogP contribution is 2.20. The molecule has 0 aromatic carbocycles. The molecule has 98 valence electrons. The predicted molar refractivity (Wildman–Crippen MR) is 66.8 cm³/mol. The predicted octanol–water partition coefficient (Wildman–Crippen LogP) is 1.06. The highest BCUT2D eigenvalue weighted by atomic mass is 16.5. The van der Waals surface area contributed by atoms with Gasteiger partial charge in [0, 0.05) is 13.0 Å². The maximum absolute atomic E-state index is 12.0. The van der Waals surface area contributed by atoms with Crippen LogP contribution in [0.15, 0.2) is 0 Å². The number of nitrogens with one attached hydrogen (secondary N) is 2. The molecule has 17 heavy (non-hydrogen) atoms. The largest absolute Gasteiger partial charge is 0.379 e. The van der Waals surface area contributed by atoms with Crippen LogP contribution in [0.4, 0.5) is 0 Å². The van der Waals surface area contributed by atoms with Gasteiger partial charge in [0.25, 0.3) is 0 Å². The summed E-state index contributed by atoms with van der Waals surface area (Å²) in [5, 5.41) is 6.50. The molecule has 2 rings (SSSR count). The van der Waals surface area contributed by atoms with Gasteiger partial charge in [-0.3, -0.25) is 4.79 Å². The van der Waals surface area contributed by atoms with Crippen molar-refractivity contribution in [3.8, 4) is 0 Å². The molecule has 1 amide bonds. The summed E-state index contributed by atoms with van der Waals surface area (Å²) in [5.74, 6) is 0.698. The van der Waals surface area contributed by atoms with Crippen molar-refractivity contribution in [2.24, 2.45) is 5.92 Å². The normalized spacial score (nSPS) is 34.3. The summed E-state index contributed by atoms with van der Waals surface area (Å²) in [7, 11) is 0. The van der Waals surface area contributed by atoms with E-state index in [-0.39, 0.29) is 11.4 Å². The van der Waals surface area contributed by atoms with Crippen LogP contribution in [0.2, 0.25) is 0 Å². The highest BCUT2D eigenvalue weighted by Gasteiger charge is 2.30. The van der Waals surface area contributed by atoms with Gasteiger partial charge in [-0.1, -0.05) is 0 Å². The maximum atomic E-state index is 12.0. The summed E-state index contributed by atoms with van der Waals surface area (Å²) in [6, 6.07) is 0. The Morgan fingerprint density at radius 1 is 1.53 bits per heavy atom. The van der Waals surface area contributed by atoms with E-state index in [9.17, 15) is 4.79 Å². The lowest BCUT2D eigenvalue weighted by Crippen LogP contribution is -2.52. The summed E-state index contributed by atoms with van der Waals surface area (Å²) < 4.78 is 5.45. The summed E-state index contributed by atoms with van der Waals surface area (Å²) >= 11 is 0. The van der Waals surface area contributed by atoms with E-state index in [0.717, 1.165) is 32.5 Å². The van der Waals surface area contributed by atoms with E-state index in [1.54, 1.807) is 0 Å². The van der Waals surface area contributed by atoms with Gasteiger partial charge in [-0.05, 0) is 51.6 Å². The first-order valence-corrected chi connectivity index (χ1v) is 6.77. The van der Waals surface area contributed by atoms with Gasteiger partial charge in [0.2, 0.25) is 5.91 Å². The Bertz CT molecular complexity index is 256. The zero-order valence-corrected chi connectivity index (χ0v) is 10.8. The fraction of sp³-hybridized carbons (Fsp3) is 0.923. The molecule has 2 fully saturated rings. The Hall–Kier alpha value is -0.610. The third-order valence-electron chi connectivity index (χ3n) is 3.75. The molecule has 4 heteroatoms. The first-order chi connectivity index (χ1) is 8.18. The van der Waals surface area contributed by atoms with Crippen molar-refractivity contribution in [1.29, 1.82) is 0 Å². The summed E-state index contributed by atoms with van der Waals surface area (Å²) in [6.45, 7) is 5.66. The summed E-state index contributed by atoms with van der Waals surface area (Å²) in [5.41, 5.74) is -0.141. The number of carbonyl (C=O) groups is 1. The van der Waals surface area contributed by atoms with Gasteiger partial charge in [0.1, 0.15) is 0 Å². The molecule has 0 aromatic rings. The van der Waals surface area contributed by atoms with Gasteiger partial charge in [0.15, 0.2) is 0 Å². The lowest BCUT2D eigenvalue weighted by Gasteiger charge is -2.35. The highest BCUT2D eigenvalue weighted by molar-refractivity contribution is 5.77. The third kappa shape index (κ3) is 3.96. The SMILES string of the molecule is CC1(NC(=O)CC2CCCNC2)CCCOC1. The standard InChI is InChI=1S/C13H24N2O2/c1-13(5-3-7-17-10-13)15-12(16)8-11-4-2-6-14-9-11/h11,14H,2-10H2,1H3,(H,15,16). The van der Waals surface area contributed by atoms with Crippen LogP contribution in [0, 0.1) is 5.92 Å². The van der Waals surface area contributed by atoms with Crippen LogP contribution in [0.5, 0.6) is 0 Å². The molecule has 2 heterocycles. The Morgan fingerprint density at radius 3 is 3.06 bits per heavy atom. The number of piperidine rings is 1. The summed E-state index contributed by atoms with van der Waals surface area (Å²) in [6.07, 6.45) is 5.10. The summed E-state index contributed by atoms with van der Waals surface area (Å²) in [4.78, 5) is 12.0. The molecular formula is C13H24N2O2. The van der Waals surface area contributed by atoms with Gasteiger partial charge >= 0.3 is 0 Å². The number of ether oxygens (including phenoxy) is 1. The van der Waals surface area contributed by atoms with Crippen LogP contribution in [0.25, 0.3) is 0 Å². The zero-order valence-electron chi connectivity index (χ0n) is 10.8. The van der Waals surface area contributed by atoms with Crippen molar-refractivity contribution < 1.29 is 9.53 Å². The maximum Gasteiger partial charge on any atom is 0.220 e. The third-order valence-corrected chi connectivity index (χ3v) is 3.75. The van der Waals surface area contributed by atoms with E-state index in [2.05, 4.69) is 17.6 Å². The number of amides is 1. The van der Waals surface area contributed by atoms with E-state index < -0.39 is 0 Å². The van der Waals surface area contributed by atoms with Crippen molar-refractivity contribution in [3.05, 3.63) is 0 Å². The van der Waals surface area contributed by atoms with E-state index in [0.29, 0.717) is 18.9 Å². The number of rotatable bonds is 3. The number of hydrogen-bond donors (Lipinski definition) is 2. The molecule has 2 aliphatic heterocycles. The second-order valence-corrected chi connectivity index (χ2v) is 5.68. The topological polar surface area (TPSA) is 50.4 Å². The average Bonchev–Trinajstić information content (AvgIpc) is 2.30. The molecule has 0 radical (unpaired) electrons. The molecule has 2 unspecified atom stereocenters. The van der Waals surface area contributed by atoms with Crippen molar-refractivity contribution in [1.82, 2.24) is 10.6 Å². The Balaban J connectivity index is 1.75. The number of carbonyl (C=O) groups excluding carboxylic acids is 1. The molecule has 2 atom stereocenters. The second-order valence-electron chi connectivity index (χ2n) is 5.68. The minimum atomic E-state index is -0.141. The molecule has 0 aromatic heterocycles. The van der Waals surface area contributed by atoms with Crippen LogP contribution in [-0.4, -0.2) is 37.7 Å². The van der Waals surface area contributed by atoms with Crippen molar-refractivity contribution in [2.75, 3.05) is 26.3 Å². The number of hydrogen-bond acceptors (Lipinski definition) is 3. The Morgan fingerprint density at radius 2 is 2.41 bits per heavy atom. The Kier molecular flexibility index (Phi) is 4.40. The Labute approximate surface area is 103 Å². The van der Waals surface area contributed by atoms with Crippen molar-refractivity contribution in [3.63, 3.8) is 0 Å². The lowest BCUT2D eigenvalue weighted by molar-refractivity contribution is -0.125. The van der Waals surface area contributed by atoms with Gasteiger partial charge in [-0.15, -0.1) is 0 Å². The first kappa shape index (κ1) is 12.8. The van der Waals surface area contributed by atoms with Crippen LogP contribution < -0.4 is 10.6 Å². The van der Waals surface area contributed by atoms with Crippen LogP contribution in [0.3, 0.4) is 0 Å². The first-order valence-electron chi connectivity index (χ1n) is 6.77. The van der Waals surface area contributed by atoms with Crippen LogP contribution >= 0.6 is 0 Å². The van der Waals surface area contributed by atoms with E-state index in [4.69, 9.17) is 4.74 Å². The van der Waals surface area contributed by atoms with Crippen LogP contribution in [0.1, 0.15) is 39.0 Å². The minimum absolute atomic E-state index is 0.141. The smallest absolute Gasteiger partial charge is 0.220 e. The van der Waals surface area contributed by atoms with Gasteiger partial charge in [-0.2, -0.15) is 0 Å². The molecule has 0 bridgehead atoms. The second kappa shape index (κ2) is 5.83. The fourth-order valence-corrected chi connectivity index (χ4v) is 2.78. The molecule has 0 aliphatic carbocycles. The van der Waals surface area contributed by atoms with Crippen molar-refractivity contribution >= 4 is 5.91 Å². The molecule has 2 N–H and O–H groups in total. The van der Waals surface area contributed by atoms with Gasteiger partial charge in [-0.25, -0.2) is 0 Å². The molecular weight excluding hydrogens is 216 g/mol. The van der Waals surface area contributed by atoms with Gasteiger partial charge in [0.05, 0.1) is 12.1 Å². The zero-order chi connectivity index (χ0) is 12.1.